The summed E-state index contributed by atoms with van der Waals surface area (Å²) in [6.45, 7) is 0.749. The summed E-state index contributed by atoms with van der Waals surface area (Å²) in [6.07, 6.45) is 0. The van der Waals surface area contributed by atoms with Crippen molar-refractivity contribution >= 4 is 5.82 Å². The van der Waals surface area contributed by atoms with Crippen molar-refractivity contribution in [1.82, 2.24) is 14.9 Å². The molecular formula is C21H24N4O2. The number of anilines is 1. The molecule has 0 saturated heterocycles. The van der Waals surface area contributed by atoms with Crippen molar-refractivity contribution in [2.45, 2.75) is 6.54 Å². The topological polar surface area (TPSA) is 73.5 Å². The molecular weight excluding hydrogens is 340 g/mol. The van der Waals surface area contributed by atoms with E-state index in [2.05, 4.69) is 9.88 Å². The lowest BCUT2D eigenvalue weighted by atomic mass is 10.1. The van der Waals surface area contributed by atoms with Crippen molar-refractivity contribution in [3.63, 3.8) is 0 Å². The monoisotopic (exact) mass is 364 g/mol. The van der Waals surface area contributed by atoms with Crippen LogP contribution in [0.15, 0.2) is 48.5 Å². The summed E-state index contributed by atoms with van der Waals surface area (Å²) in [7, 11) is 7.35. The predicted molar refractivity (Wildman–Crippen MR) is 108 cm³/mol. The standard InChI is InChI=1S/C21H24N4O2/c1-25(2)13-15-11-14(9-10-18(15)26-3)21-23-17(12-20(22)24-21)16-7-5-6-8-19(16)27-4/h5-12H,13H2,1-4H3,(H2,22,23,24). The van der Waals surface area contributed by atoms with Crippen molar-refractivity contribution in [1.29, 1.82) is 0 Å². The second kappa shape index (κ2) is 8.05. The lowest BCUT2D eigenvalue weighted by Crippen LogP contribution is -2.11. The Balaban J connectivity index is 2.09. The number of methoxy groups -OCH3 is 2. The zero-order chi connectivity index (χ0) is 19.4. The van der Waals surface area contributed by atoms with Crippen molar-refractivity contribution in [2.75, 3.05) is 34.0 Å². The highest BCUT2D eigenvalue weighted by Gasteiger charge is 2.13. The first-order valence-electron chi connectivity index (χ1n) is 8.61. The van der Waals surface area contributed by atoms with Gasteiger partial charge in [0.1, 0.15) is 17.3 Å². The fourth-order valence-corrected chi connectivity index (χ4v) is 2.97. The van der Waals surface area contributed by atoms with Crippen LogP contribution in [-0.4, -0.2) is 43.2 Å². The minimum atomic E-state index is 0.408. The van der Waals surface area contributed by atoms with E-state index in [-0.39, 0.29) is 0 Å². The van der Waals surface area contributed by atoms with Crippen LogP contribution in [0.5, 0.6) is 11.5 Å². The van der Waals surface area contributed by atoms with Crippen LogP contribution in [0.1, 0.15) is 5.56 Å². The SMILES string of the molecule is COc1ccc(-c2nc(N)cc(-c3ccccc3OC)n2)cc1CN(C)C. The number of benzene rings is 2. The molecule has 0 spiro atoms. The normalized spacial score (nSPS) is 10.9. The second-order valence-corrected chi connectivity index (χ2v) is 6.47. The Morgan fingerprint density at radius 1 is 0.926 bits per heavy atom. The molecule has 1 aromatic heterocycles. The summed E-state index contributed by atoms with van der Waals surface area (Å²) in [5.41, 5.74) is 9.62. The fourth-order valence-electron chi connectivity index (χ4n) is 2.97. The molecule has 1 heterocycles. The number of rotatable bonds is 6. The summed E-state index contributed by atoms with van der Waals surface area (Å²) < 4.78 is 10.9. The maximum atomic E-state index is 6.08. The molecule has 0 saturated carbocycles. The molecule has 27 heavy (non-hydrogen) atoms. The highest BCUT2D eigenvalue weighted by atomic mass is 16.5. The van der Waals surface area contributed by atoms with Crippen LogP contribution in [-0.2, 0) is 6.54 Å². The van der Waals surface area contributed by atoms with Crippen molar-refractivity contribution < 1.29 is 9.47 Å². The summed E-state index contributed by atoms with van der Waals surface area (Å²) in [5, 5.41) is 0. The van der Waals surface area contributed by atoms with Gasteiger partial charge < -0.3 is 20.1 Å². The number of nitrogens with zero attached hydrogens (tertiary/aromatic N) is 3. The van der Waals surface area contributed by atoms with Gasteiger partial charge in [-0.05, 0) is 44.4 Å². The molecule has 140 valence electrons. The van der Waals surface area contributed by atoms with Gasteiger partial charge in [-0.2, -0.15) is 0 Å². The van der Waals surface area contributed by atoms with E-state index in [1.807, 2.05) is 56.6 Å². The third-order valence-electron chi connectivity index (χ3n) is 4.15. The van der Waals surface area contributed by atoms with Crippen LogP contribution in [0.2, 0.25) is 0 Å². The van der Waals surface area contributed by atoms with E-state index in [9.17, 15) is 0 Å². The van der Waals surface area contributed by atoms with Crippen LogP contribution in [0, 0.1) is 0 Å². The highest BCUT2D eigenvalue weighted by molar-refractivity contribution is 5.72. The van der Waals surface area contributed by atoms with Gasteiger partial charge >= 0.3 is 0 Å². The van der Waals surface area contributed by atoms with Crippen molar-refractivity contribution in [3.8, 4) is 34.1 Å². The Labute approximate surface area is 159 Å². The third kappa shape index (κ3) is 4.17. The molecule has 2 aromatic carbocycles. The Morgan fingerprint density at radius 3 is 2.37 bits per heavy atom. The van der Waals surface area contributed by atoms with Crippen LogP contribution >= 0.6 is 0 Å². The highest BCUT2D eigenvalue weighted by Crippen LogP contribution is 2.31. The van der Waals surface area contributed by atoms with E-state index >= 15 is 0 Å². The number of nitrogens with two attached hydrogens (primary N) is 1. The van der Waals surface area contributed by atoms with Gasteiger partial charge in [-0.25, -0.2) is 9.97 Å². The minimum absolute atomic E-state index is 0.408. The van der Waals surface area contributed by atoms with E-state index < -0.39 is 0 Å². The van der Waals surface area contributed by atoms with Gasteiger partial charge in [-0.1, -0.05) is 12.1 Å². The molecule has 0 aliphatic rings. The van der Waals surface area contributed by atoms with Gasteiger partial charge in [0, 0.05) is 29.3 Å². The first kappa shape index (κ1) is 18.7. The van der Waals surface area contributed by atoms with E-state index in [1.165, 1.54) is 0 Å². The quantitative estimate of drug-likeness (QED) is 0.722. The molecule has 0 aliphatic heterocycles. The number of ether oxygens (including phenoxy) is 2. The van der Waals surface area contributed by atoms with E-state index in [1.54, 1.807) is 20.3 Å². The van der Waals surface area contributed by atoms with Gasteiger partial charge in [0.2, 0.25) is 0 Å². The number of hydrogen-bond donors (Lipinski definition) is 1. The predicted octanol–water partition coefficient (Wildman–Crippen LogP) is 3.47. The number of para-hydroxylation sites is 1. The summed E-state index contributed by atoms with van der Waals surface area (Å²) in [4.78, 5) is 11.3. The van der Waals surface area contributed by atoms with E-state index in [4.69, 9.17) is 20.2 Å². The zero-order valence-corrected chi connectivity index (χ0v) is 16.1. The smallest absolute Gasteiger partial charge is 0.162 e. The molecule has 0 amide bonds. The third-order valence-corrected chi connectivity index (χ3v) is 4.15. The average molecular weight is 364 g/mol. The fraction of sp³-hybridized carbons (Fsp3) is 0.238. The maximum absolute atomic E-state index is 6.08. The largest absolute Gasteiger partial charge is 0.496 e. The number of aromatic nitrogens is 2. The van der Waals surface area contributed by atoms with E-state index in [0.29, 0.717) is 11.6 Å². The van der Waals surface area contributed by atoms with Gasteiger partial charge in [0.15, 0.2) is 5.82 Å². The lowest BCUT2D eigenvalue weighted by molar-refractivity contribution is 0.372. The first-order chi connectivity index (χ1) is 13.0. The Bertz CT molecular complexity index is 941. The van der Waals surface area contributed by atoms with Gasteiger partial charge in [0.25, 0.3) is 0 Å². The molecule has 3 rings (SSSR count). The Kier molecular flexibility index (Phi) is 5.57. The van der Waals surface area contributed by atoms with Gasteiger partial charge in [-0.15, -0.1) is 0 Å². The van der Waals surface area contributed by atoms with Crippen LogP contribution in [0.3, 0.4) is 0 Å². The molecule has 0 radical (unpaired) electrons. The maximum Gasteiger partial charge on any atom is 0.162 e. The minimum Gasteiger partial charge on any atom is -0.496 e. The first-order valence-corrected chi connectivity index (χ1v) is 8.61. The zero-order valence-electron chi connectivity index (χ0n) is 16.1. The molecule has 0 bridgehead atoms. The molecule has 2 N–H and O–H groups in total. The van der Waals surface area contributed by atoms with Gasteiger partial charge in [-0.3, -0.25) is 0 Å². The molecule has 3 aromatic rings. The lowest BCUT2D eigenvalue weighted by Gasteiger charge is -2.15. The molecule has 0 unspecified atom stereocenters. The van der Waals surface area contributed by atoms with Crippen LogP contribution in [0.25, 0.3) is 22.6 Å². The van der Waals surface area contributed by atoms with E-state index in [0.717, 1.165) is 40.4 Å². The van der Waals surface area contributed by atoms with Crippen molar-refractivity contribution in [3.05, 3.63) is 54.1 Å². The Morgan fingerprint density at radius 2 is 1.67 bits per heavy atom. The Hall–Kier alpha value is -3.12. The summed E-state index contributed by atoms with van der Waals surface area (Å²) in [6, 6.07) is 15.4. The second-order valence-electron chi connectivity index (χ2n) is 6.47. The van der Waals surface area contributed by atoms with Crippen LogP contribution < -0.4 is 15.2 Å². The molecule has 6 nitrogen and oxygen atoms in total. The number of nitrogen functional groups attached to an aromatic ring is 1. The number of hydrogen-bond acceptors (Lipinski definition) is 6. The van der Waals surface area contributed by atoms with Gasteiger partial charge in [0.05, 0.1) is 19.9 Å². The molecule has 0 fully saturated rings. The van der Waals surface area contributed by atoms with Crippen molar-refractivity contribution in [2.24, 2.45) is 0 Å². The summed E-state index contributed by atoms with van der Waals surface area (Å²) >= 11 is 0. The average Bonchev–Trinajstić information content (AvgIpc) is 2.67. The van der Waals surface area contributed by atoms with Crippen LogP contribution in [0.4, 0.5) is 5.82 Å². The molecule has 0 aliphatic carbocycles. The molecule has 0 atom stereocenters. The summed E-state index contributed by atoms with van der Waals surface area (Å²) in [5.74, 6) is 2.55. The molecule has 6 heteroatoms.